The Hall–Kier alpha value is -2.40. The maximum atomic E-state index is 11.5. The zero-order valence-corrected chi connectivity index (χ0v) is 11.8. The third kappa shape index (κ3) is 2.73. The highest BCUT2D eigenvalue weighted by atomic mass is 32.2. The first-order valence-corrected chi connectivity index (χ1v) is 7.29. The number of aromatic hydroxyl groups is 1. The Kier molecular flexibility index (Phi) is 3.58. The molecule has 0 aliphatic carbocycles. The predicted molar refractivity (Wildman–Crippen MR) is 80.8 cm³/mol. The van der Waals surface area contributed by atoms with Crippen LogP contribution in [0.25, 0.3) is 11.0 Å². The van der Waals surface area contributed by atoms with Crippen LogP contribution in [0.2, 0.25) is 0 Å². The first-order valence-electron chi connectivity index (χ1n) is 6.30. The molecule has 21 heavy (non-hydrogen) atoms. The van der Waals surface area contributed by atoms with Gasteiger partial charge >= 0.3 is 5.97 Å². The van der Waals surface area contributed by atoms with Gasteiger partial charge in [-0.15, -0.1) is 11.8 Å². The molecule has 3 rings (SSSR count). The highest BCUT2D eigenvalue weighted by Gasteiger charge is 2.20. The SMILES string of the molecule is O=C(O)c1c(CSc2ccccc2)oc2ccc(O)cc12. The summed E-state index contributed by atoms with van der Waals surface area (Å²) in [6.07, 6.45) is 0. The lowest BCUT2D eigenvalue weighted by atomic mass is 10.1. The van der Waals surface area contributed by atoms with E-state index in [4.69, 9.17) is 4.42 Å². The van der Waals surface area contributed by atoms with Crippen LogP contribution in [0.1, 0.15) is 16.1 Å². The number of fused-ring (bicyclic) bond motifs is 1. The van der Waals surface area contributed by atoms with Crippen LogP contribution in [-0.2, 0) is 5.75 Å². The monoisotopic (exact) mass is 300 g/mol. The molecule has 0 aliphatic heterocycles. The molecule has 1 aromatic heterocycles. The standard InChI is InChI=1S/C16H12O4S/c17-10-6-7-13-12(8-10)15(16(18)19)14(20-13)9-21-11-4-2-1-3-5-11/h1-8,17H,9H2,(H,18,19). The van der Waals surface area contributed by atoms with E-state index in [1.165, 1.54) is 23.9 Å². The Balaban J connectivity index is 1.98. The summed E-state index contributed by atoms with van der Waals surface area (Å²) in [5.74, 6) is -0.214. The summed E-state index contributed by atoms with van der Waals surface area (Å²) in [5.41, 5.74) is 0.582. The molecule has 0 saturated heterocycles. The van der Waals surface area contributed by atoms with Gasteiger partial charge in [0.15, 0.2) is 0 Å². The van der Waals surface area contributed by atoms with Crippen LogP contribution in [0.15, 0.2) is 57.8 Å². The van der Waals surface area contributed by atoms with Crippen molar-refractivity contribution < 1.29 is 19.4 Å². The van der Waals surface area contributed by atoms with E-state index < -0.39 is 5.97 Å². The van der Waals surface area contributed by atoms with Crippen molar-refractivity contribution in [3.63, 3.8) is 0 Å². The zero-order chi connectivity index (χ0) is 14.8. The van der Waals surface area contributed by atoms with Crippen LogP contribution in [0.3, 0.4) is 0 Å². The summed E-state index contributed by atoms with van der Waals surface area (Å²) in [5, 5.41) is 19.3. The molecule has 0 radical (unpaired) electrons. The lowest BCUT2D eigenvalue weighted by Crippen LogP contribution is -1.98. The molecule has 0 unspecified atom stereocenters. The number of carboxylic acid groups (broad SMARTS) is 1. The molecule has 1 heterocycles. The average molecular weight is 300 g/mol. The van der Waals surface area contributed by atoms with E-state index in [1.54, 1.807) is 6.07 Å². The van der Waals surface area contributed by atoms with Gasteiger partial charge in [0.2, 0.25) is 0 Å². The maximum absolute atomic E-state index is 11.5. The number of furan rings is 1. The summed E-state index contributed by atoms with van der Waals surface area (Å²) in [7, 11) is 0. The number of rotatable bonds is 4. The molecule has 0 fully saturated rings. The van der Waals surface area contributed by atoms with Crippen LogP contribution in [0.4, 0.5) is 0 Å². The number of carbonyl (C=O) groups is 1. The second-order valence-electron chi connectivity index (χ2n) is 4.49. The third-order valence-electron chi connectivity index (χ3n) is 3.07. The van der Waals surface area contributed by atoms with Crippen molar-refractivity contribution in [3.05, 3.63) is 59.9 Å². The van der Waals surface area contributed by atoms with E-state index in [1.807, 2.05) is 30.3 Å². The summed E-state index contributed by atoms with van der Waals surface area (Å²) in [6.45, 7) is 0. The van der Waals surface area contributed by atoms with Gasteiger partial charge in [0.1, 0.15) is 22.7 Å². The minimum atomic E-state index is -1.05. The summed E-state index contributed by atoms with van der Waals surface area (Å²) < 4.78 is 5.62. The molecule has 0 aliphatic rings. The van der Waals surface area contributed by atoms with Crippen LogP contribution in [-0.4, -0.2) is 16.2 Å². The van der Waals surface area contributed by atoms with Crippen molar-refractivity contribution in [3.8, 4) is 5.75 Å². The fourth-order valence-electron chi connectivity index (χ4n) is 2.14. The van der Waals surface area contributed by atoms with Gasteiger partial charge < -0.3 is 14.6 Å². The van der Waals surface area contributed by atoms with Crippen molar-refractivity contribution in [2.24, 2.45) is 0 Å². The van der Waals surface area contributed by atoms with E-state index in [9.17, 15) is 15.0 Å². The minimum Gasteiger partial charge on any atom is -0.508 e. The molecule has 0 amide bonds. The summed E-state index contributed by atoms with van der Waals surface area (Å²) in [4.78, 5) is 12.5. The molecule has 0 bridgehead atoms. The number of hydrogen-bond acceptors (Lipinski definition) is 4. The van der Waals surface area contributed by atoms with Crippen molar-refractivity contribution >= 4 is 28.7 Å². The van der Waals surface area contributed by atoms with E-state index in [-0.39, 0.29) is 11.3 Å². The van der Waals surface area contributed by atoms with E-state index in [2.05, 4.69) is 0 Å². The maximum Gasteiger partial charge on any atom is 0.339 e. The molecule has 5 heteroatoms. The van der Waals surface area contributed by atoms with Crippen molar-refractivity contribution in [2.75, 3.05) is 0 Å². The summed E-state index contributed by atoms with van der Waals surface area (Å²) in [6, 6.07) is 14.2. The molecule has 0 spiro atoms. The van der Waals surface area contributed by atoms with Gasteiger partial charge in [-0.05, 0) is 30.3 Å². The Bertz CT molecular complexity index is 793. The lowest BCUT2D eigenvalue weighted by molar-refractivity contribution is 0.0697. The first kappa shape index (κ1) is 13.6. The fourth-order valence-corrected chi connectivity index (χ4v) is 2.99. The van der Waals surface area contributed by atoms with Gasteiger partial charge in [-0.1, -0.05) is 18.2 Å². The lowest BCUT2D eigenvalue weighted by Gasteiger charge is -2.00. The summed E-state index contributed by atoms with van der Waals surface area (Å²) >= 11 is 1.50. The Morgan fingerprint density at radius 2 is 1.90 bits per heavy atom. The molecule has 4 nitrogen and oxygen atoms in total. The highest BCUT2D eigenvalue weighted by Crippen LogP contribution is 2.32. The van der Waals surface area contributed by atoms with Gasteiger partial charge in [0.25, 0.3) is 0 Å². The second-order valence-corrected chi connectivity index (χ2v) is 5.54. The topological polar surface area (TPSA) is 70.7 Å². The number of phenols is 1. The van der Waals surface area contributed by atoms with Gasteiger partial charge in [0.05, 0.1) is 5.75 Å². The number of hydrogen-bond donors (Lipinski definition) is 2. The quantitative estimate of drug-likeness (QED) is 0.709. The van der Waals surface area contributed by atoms with Gasteiger partial charge in [-0.25, -0.2) is 4.79 Å². The smallest absolute Gasteiger partial charge is 0.339 e. The van der Waals surface area contributed by atoms with E-state index in [0.717, 1.165) is 4.90 Å². The zero-order valence-electron chi connectivity index (χ0n) is 10.9. The Morgan fingerprint density at radius 3 is 2.62 bits per heavy atom. The molecule has 106 valence electrons. The number of aromatic carboxylic acids is 1. The molecule has 3 aromatic rings. The Labute approximate surface area is 125 Å². The highest BCUT2D eigenvalue weighted by molar-refractivity contribution is 7.98. The largest absolute Gasteiger partial charge is 0.508 e. The molecule has 2 aromatic carbocycles. The van der Waals surface area contributed by atoms with Gasteiger partial charge in [0, 0.05) is 10.3 Å². The fraction of sp³-hybridized carbons (Fsp3) is 0.0625. The number of phenolic OH excluding ortho intramolecular Hbond substituents is 1. The van der Waals surface area contributed by atoms with Crippen LogP contribution in [0, 0.1) is 0 Å². The van der Waals surface area contributed by atoms with E-state index in [0.29, 0.717) is 22.5 Å². The van der Waals surface area contributed by atoms with Gasteiger partial charge in [-0.3, -0.25) is 0 Å². The molecular formula is C16H12O4S. The van der Waals surface area contributed by atoms with Crippen molar-refractivity contribution in [1.29, 1.82) is 0 Å². The van der Waals surface area contributed by atoms with Crippen molar-refractivity contribution in [1.82, 2.24) is 0 Å². The number of carboxylic acids is 1. The first-order chi connectivity index (χ1) is 10.1. The van der Waals surface area contributed by atoms with Crippen LogP contribution in [0.5, 0.6) is 5.75 Å². The minimum absolute atomic E-state index is 0.0214. The molecule has 0 atom stereocenters. The average Bonchev–Trinajstić information content (AvgIpc) is 2.84. The van der Waals surface area contributed by atoms with Gasteiger partial charge in [-0.2, -0.15) is 0 Å². The third-order valence-corrected chi connectivity index (χ3v) is 4.08. The van der Waals surface area contributed by atoms with E-state index >= 15 is 0 Å². The van der Waals surface area contributed by atoms with Crippen LogP contribution >= 0.6 is 11.8 Å². The number of thioether (sulfide) groups is 1. The molecule has 0 saturated carbocycles. The predicted octanol–water partition coefficient (Wildman–Crippen LogP) is 4.13. The second kappa shape index (κ2) is 5.54. The normalized spacial score (nSPS) is 10.9. The van der Waals surface area contributed by atoms with Crippen LogP contribution < -0.4 is 0 Å². The van der Waals surface area contributed by atoms with Crippen molar-refractivity contribution in [2.45, 2.75) is 10.6 Å². The number of benzene rings is 2. The Morgan fingerprint density at radius 1 is 1.14 bits per heavy atom. The molecule has 2 N–H and O–H groups in total. The molecular weight excluding hydrogens is 288 g/mol.